The van der Waals surface area contributed by atoms with Gasteiger partial charge in [-0.25, -0.2) is 0 Å². The molecule has 1 N–H and O–H groups in total. The molecule has 0 spiro atoms. The van der Waals surface area contributed by atoms with Crippen LogP contribution in [-0.4, -0.2) is 23.9 Å². The molecule has 3 rings (SSSR count). The van der Waals surface area contributed by atoms with Gasteiger partial charge >= 0.3 is 0 Å². The molecule has 0 atom stereocenters. The van der Waals surface area contributed by atoms with Gasteiger partial charge in [0.05, 0.1) is 11.6 Å². The van der Waals surface area contributed by atoms with E-state index in [1.165, 1.54) is 10.4 Å². The third-order valence-electron chi connectivity index (χ3n) is 3.84. The lowest BCUT2D eigenvalue weighted by Crippen LogP contribution is -2.32. The van der Waals surface area contributed by atoms with Crippen molar-refractivity contribution in [1.29, 1.82) is 5.26 Å². The second-order valence-corrected chi connectivity index (χ2v) is 6.38. The van der Waals surface area contributed by atoms with Crippen LogP contribution in [0.1, 0.15) is 22.4 Å². The van der Waals surface area contributed by atoms with E-state index in [9.17, 15) is 4.79 Å². The number of amides is 1. The maximum Gasteiger partial charge on any atom is 0.225 e. The predicted molar refractivity (Wildman–Crippen MR) is 87.7 cm³/mol. The molecule has 0 bridgehead atoms. The number of hydrogen-bond donors (Lipinski definition) is 1. The number of anilines is 1. The first-order valence-corrected chi connectivity index (χ1v) is 8.20. The van der Waals surface area contributed by atoms with Crippen LogP contribution in [0.4, 0.5) is 5.69 Å². The molecule has 0 unspecified atom stereocenters. The number of thiophene rings is 1. The van der Waals surface area contributed by atoms with Crippen LogP contribution in [0.2, 0.25) is 0 Å². The SMILES string of the molecule is N#Cc1ccc(NC(=O)CCN2CCc3sccc3C2)cc1. The smallest absolute Gasteiger partial charge is 0.225 e. The van der Waals surface area contributed by atoms with Crippen LogP contribution < -0.4 is 5.32 Å². The van der Waals surface area contributed by atoms with E-state index in [1.54, 1.807) is 24.3 Å². The molecule has 0 radical (unpaired) electrons. The Morgan fingerprint density at radius 1 is 1.32 bits per heavy atom. The number of benzene rings is 1. The van der Waals surface area contributed by atoms with Gasteiger partial charge < -0.3 is 5.32 Å². The fraction of sp³-hybridized carbons (Fsp3) is 0.294. The van der Waals surface area contributed by atoms with Crippen molar-refractivity contribution in [2.75, 3.05) is 18.4 Å². The summed E-state index contributed by atoms with van der Waals surface area (Å²) < 4.78 is 0. The van der Waals surface area contributed by atoms with E-state index in [-0.39, 0.29) is 5.91 Å². The van der Waals surface area contributed by atoms with Crippen LogP contribution in [0.3, 0.4) is 0 Å². The Hall–Kier alpha value is -2.16. The topological polar surface area (TPSA) is 56.1 Å². The molecule has 5 heteroatoms. The predicted octanol–water partition coefficient (Wildman–Crippen LogP) is 3.01. The van der Waals surface area contributed by atoms with Crippen LogP contribution in [0.15, 0.2) is 35.7 Å². The van der Waals surface area contributed by atoms with Gasteiger partial charge in [0.25, 0.3) is 0 Å². The summed E-state index contributed by atoms with van der Waals surface area (Å²) in [4.78, 5) is 15.8. The van der Waals surface area contributed by atoms with Crippen molar-refractivity contribution in [3.05, 3.63) is 51.7 Å². The van der Waals surface area contributed by atoms with E-state index in [2.05, 4.69) is 27.7 Å². The standard InChI is InChI=1S/C17H17N3OS/c18-11-13-1-3-15(4-2-13)19-17(21)6-9-20-8-5-16-14(12-20)7-10-22-16/h1-4,7,10H,5-6,8-9,12H2,(H,19,21). The zero-order chi connectivity index (χ0) is 15.4. The number of nitrogens with one attached hydrogen (secondary N) is 1. The summed E-state index contributed by atoms with van der Waals surface area (Å²) in [5, 5.41) is 13.8. The molecule has 1 aliphatic heterocycles. The second-order valence-electron chi connectivity index (χ2n) is 5.38. The van der Waals surface area contributed by atoms with E-state index in [0.29, 0.717) is 12.0 Å². The number of hydrogen-bond acceptors (Lipinski definition) is 4. The quantitative estimate of drug-likeness (QED) is 0.944. The molecule has 0 fully saturated rings. The van der Waals surface area contributed by atoms with Crippen molar-refractivity contribution < 1.29 is 4.79 Å². The minimum atomic E-state index is 0.0147. The molecular formula is C17H17N3OS. The van der Waals surface area contributed by atoms with Gasteiger partial charge in [-0.05, 0) is 47.7 Å². The number of nitrogens with zero attached hydrogens (tertiary/aromatic N) is 2. The lowest BCUT2D eigenvalue weighted by atomic mass is 10.1. The van der Waals surface area contributed by atoms with Gasteiger partial charge in [0.15, 0.2) is 0 Å². The third kappa shape index (κ3) is 3.53. The van der Waals surface area contributed by atoms with Gasteiger partial charge in [0.2, 0.25) is 5.91 Å². The van der Waals surface area contributed by atoms with Crippen LogP contribution in [0, 0.1) is 11.3 Å². The molecule has 0 saturated carbocycles. The lowest BCUT2D eigenvalue weighted by Gasteiger charge is -2.26. The van der Waals surface area contributed by atoms with Gasteiger partial charge in [-0.3, -0.25) is 9.69 Å². The number of fused-ring (bicyclic) bond motifs is 1. The summed E-state index contributed by atoms with van der Waals surface area (Å²) in [6.45, 7) is 2.75. The maximum absolute atomic E-state index is 12.0. The number of rotatable bonds is 4. The van der Waals surface area contributed by atoms with Crippen LogP contribution >= 0.6 is 11.3 Å². The van der Waals surface area contributed by atoms with E-state index in [1.807, 2.05) is 11.3 Å². The Bertz CT molecular complexity index is 699. The minimum Gasteiger partial charge on any atom is -0.326 e. The van der Waals surface area contributed by atoms with Crippen LogP contribution in [0.5, 0.6) is 0 Å². The van der Waals surface area contributed by atoms with Gasteiger partial charge in [0, 0.05) is 36.6 Å². The Morgan fingerprint density at radius 3 is 2.91 bits per heavy atom. The average molecular weight is 311 g/mol. The molecule has 1 aliphatic rings. The lowest BCUT2D eigenvalue weighted by molar-refractivity contribution is -0.116. The zero-order valence-corrected chi connectivity index (χ0v) is 13.0. The highest BCUT2D eigenvalue weighted by Gasteiger charge is 2.17. The molecule has 112 valence electrons. The number of nitriles is 1. The van der Waals surface area contributed by atoms with E-state index < -0.39 is 0 Å². The largest absolute Gasteiger partial charge is 0.326 e. The fourth-order valence-electron chi connectivity index (χ4n) is 2.61. The number of carbonyl (C=O) groups excluding carboxylic acids is 1. The van der Waals surface area contributed by atoms with Gasteiger partial charge in [-0.15, -0.1) is 11.3 Å². The van der Waals surface area contributed by atoms with Crippen molar-refractivity contribution in [1.82, 2.24) is 4.90 Å². The summed E-state index contributed by atoms with van der Waals surface area (Å²) in [5.74, 6) is 0.0147. The first-order chi connectivity index (χ1) is 10.7. The average Bonchev–Trinajstić information content (AvgIpc) is 3.01. The van der Waals surface area contributed by atoms with Crippen LogP contribution in [-0.2, 0) is 17.8 Å². The summed E-state index contributed by atoms with van der Waals surface area (Å²) in [6.07, 6.45) is 1.57. The summed E-state index contributed by atoms with van der Waals surface area (Å²) in [7, 11) is 0. The summed E-state index contributed by atoms with van der Waals surface area (Å²) in [6, 6.07) is 11.2. The molecule has 1 amide bonds. The molecule has 2 aromatic rings. The molecule has 22 heavy (non-hydrogen) atoms. The van der Waals surface area contributed by atoms with E-state index in [4.69, 9.17) is 5.26 Å². The molecule has 0 aliphatic carbocycles. The van der Waals surface area contributed by atoms with Crippen molar-refractivity contribution in [3.8, 4) is 6.07 Å². The first kappa shape index (κ1) is 14.8. The minimum absolute atomic E-state index is 0.0147. The van der Waals surface area contributed by atoms with Gasteiger partial charge in [-0.1, -0.05) is 0 Å². The van der Waals surface area contributed by atoms with Gasteiger partial charge in [0.1, 0.15) is 0 Å². The Kier molecular flexibility index (Phi) is 4.52. The zero-order valence-electron chi connectivity index (χ0n) is 12.2. The normalized spacial score (nSPS) is 14.1. The molecule has 1 aromatic carbocycles. The third-order valence-corrected chi connectivity index (χ3v) is 4.86. The number of carbonyl (C=O) groups is 1. The van der Waals surface area contributed by atoms with Gasteiger partial charge in [-0.2, -0.15) is 5.26 Å². The van der Waals surface area contributed by atoms with Crippen molar-refractivity contribution in [3.63, 3.8) is 0 Å². The molecule has 4 nitrogen and oxygen atoms in total. The molecule has 1 aromatic heterocycles. The van der Waals surface area contributed by atoms with Crippen LogP contribution in [0.25, 0.3) is 0 Å². The van der Waals surface area contributed by atoms with E-state index >= 15 is 0 Å². The van der Waals surface area contributed by atoms with Crippen molar-refractivity contribution in [2.45, 2.75) is 19.4 Å². The highest BCUT2D eigenvalue weighted by molar-refractivity contribution is 7.10. The van der Waals surface area contributed by atoms with Crippen molar-refractivity contribution >= 4 is 22.9 Å². The maximum atomic E-state index is 12.0. The fourth-order valence-corrected chi connectivity index (χ4v) is 3.50. The molecule has 0 saturated heterocycles. The Balaban J connectivity index is 1.47. The second kappa shape index (κ2) is 6.73. The monoisotopic (exact) mass is 311 g/mol. The molecule has 2 heterocycles. The summed E-state index contributed by atoms with van der Waals surface area (Å²) >= 11 is 1.83. The summed E-state index contributed by atoms with van der Waals surface area (Å²) in [5.41, 5.74) is 2.74. The highest BCUT2D eigenvalue weighted by Crippen LogP contribution is 2.23. The Morgan fingerprint density at radius 2 is 2.14 bits per heavy atom. The molecular weight excluding hydrogens is 294 g/mol. The highest BCUT2D eigenvalue weighted by atomic mass is 32.1. The first-order valence-electron chi connectivity index (χ1n) is 7.32. The Labute approximate surface area is 134 Å². The van der Waals surface area contributed by atoms with Crippen molar-refractivity contribution in [2.24, 2.45) is 0 Å². The van der Waals surface area contributed by atoms with E-state index in [0.717, 1.165) is 31.7 Å².